The van der Waals surface area contributed by atoms with E-state index in [0.717, 1.165) is 49.8 Å². The lowest BCUT2D eigenvalue weighted by Crippen LogP contribution is -2.25. The van der Waals surface area contributed by atoms with Crippen molar-refractivity contribution >= 4 is 32.8 Å². The quantitative estimate of drug-likeness (QED) is 0.197. The van der Waals surface area contributed by atoms with Crippen molar-refractivity contribution in [1.29, 1.82) is 0 Å². The molecule has 10 rings (SSSR count). The van der Waals surface area contributed by atoms with E-state index < -0.39 is 5.41 Å². The van der Waals surface area contributed by atoms with E-state index in [1.165, 1.54) is 38.9 Å². The summed E-state index contributed by atoms with van der Waals surface area (Å²) < 4.78 is 6.93. The van der Waals surface area contributed by atoms with Gasteiger partial charge in [0, 0.05) is 39.0 Å². The van der Waals surface area contributed by atoms with Crippen LogP contribution in [0, 0.1) is 0 Å². The van der Waals surface area contributed by atoms with Crippen LogP contribution in [0.2, 0.25) is 0 Å². The summed E-state index contributed by atoms with van der Waals surface area (Å²) in [5.41, 5.74) is 12.9. The maximum atomic E-state index is 6.93. The fraction of sp³-hybridized carbons (Fsp3) is 0.0256. The Balaban J connectivity index is 1.36. The Morgan fingerprint density at radius 3 is 2.00 bits per heavy atom. The van der Waals surface area contributed by atoms with E-state index in [-0.39, 0.29) is 0 Å². The zero-order chi connectivity index (χ0) is 27.4. The van der Waals surface area contributed by atoms with Gasteiger partial charge in [0.05, 0.1) is 16.7 Å². The lowest BCUT2D eigenvalue weighted by Gasteiger charge is -2.28. The van der Waals surface area contributed by atoms with Gasteiger partial charge in [0.2, 0.25) is 0 Å². The summed E-state index contributed by atoms with van der Waals surface area (Å²) in [5.74, 6) is 0.997. The molecule has 42 heavy (non-hydrogen) atoms. The van der Waals surface area contributed by atoms with Crippen molar-refractivity contribution in [3.05, 3.63) is 156 Å². The first kappa shape index (κ1) is 22.2. The average molecular weight is 535 g/mol. The summed E-state index contributed by atoms with van der Waals surface area (Å²) in [6.07, 6.45) is 1.85. The molecule has 2 aliphatic rings. The van der Waals surface area contributed by atoms with E-state index in [9.17, 15) is 0 Å². The molecule has 0 fully saturated rings. The van der Waals surface area contributed by atoms with E-state index in [4.69, 9.17) is 14.4 Å². The second-order valence-electron chi connectivity index (χ2n) is 11.3. The van der Waals surface area contributed by atoms with Crippen LogP contribution in [-0.2, 0) is 5.41 Å². The minimum atomic E-state index is -0.544. The minimum absolute atomic E-state index is 0.544. The van der Waals surface area contributed by atoms with Gasteiger partial charge in [-0.05, 0) is 46.0 Å². The molecule has 194 valence electrons. The van der Waals surface area contributed by atoms with E-state index >= 15 is 0 Å². The molecule has 3 nitrogen and oxygen atoms in total. The van der Waals surface area contributed by atoms with Gasteiger partial charge in [0.1, 0.15) is 16.8 Å². The van der Waals surface area contributed by atoms with Gasteiger partial charge in [-0.3, -0.25) is 4.98 Å². The number of nitrogens with zero attached hydrogens (tertiary/aromatic N) is 2. The highest BCUT2D eigenvalue weighted by atomic mass is 16.3. The highest BCUT2D eigenvalue weighted by Crippen LogP contribution is 2.65. The van der Waals surface area contributed by atoms with E-state index in [1.807, 2.05) is 12.3 Å². The van der Waals surface area contributed by atoms with Gasteiger partial charge >= 0.3 is 0 Å². The molecule has 3 aromatic heterocycles. The monoisotopic (exact) mass is 534 g/mol. The number of pyridine rings is 2. The smallest absolute Gasteiger partial charge is 0.135 e. The SMILES string of the molecule is c1ccc2c(c1)-c1ccccc1C21c2cccc(-c3ccc4ccc5cccnc5c4n3)c2-c2c1oc1ccccc21. The number of benzene rings is 5. The molecular formula is C39H22N2O. The fourth-order valence-electron chi connectivity index (χ4n) is 7.67. The summed E-state index contributed by atoms with van der Waals surface area (Å²) >= 11 is 0. The number of furan rings is 1. The molecule has 2 aliphatic carbocycles. The van der Waals surface area contributed by atoms with E-state index in [1.54, 1.807) is 0 Å². The Labute approximate surface area is 241 Å². The topological polar surface area (TPSA) is 38.9 Å². The zero-order valence-corrected chi connectivity index (χ0v) is 22.5. The van der Waals surface area contributed by atoms with Gasteiger partial charge in [0.25, 0.3) is 0 Å². The maximum Gasteiger partial charge on any atom is 0.135 e. The number of para-hydroxylation sites is 1. The Morgan fingerprint density at radius 2 is 1.17 bits per heavy atom. The lowest BCUT2D eigenvalue weighted by atomic mass is 9.73. The van der Waals surface area contributed by atoms with Gasteiger partial charge in [0.15, 0.2) is 0 Å². The summed E-state index contributed by atoms with van der Waals surface area (Å²) in [6.45, 7) is 0. The van der Waals surface area contributed by atoms with Gasteiger partial charge in [-0.25, -0.2) is 4.98 Å². The van der Waals surface area contributed by atoms with Crippen LogP contribution >= 0.6 is 0 Å². The highest BCUT2D eigenvalue weighted by molar-refractivity contribution is 6.09. The normalized spacial score (nSPS) is 13.9. The second-order valence-corrected chi connectivity index (χ2v) is 11.3. The van der Waals surface area contributed by atoms with Crippen LogP contribution in [0.1, 0.15) is 22.5 Å². The van der Waals surface area contributed by atoms with E-state index in [0.29, 0.717) is 0 Å². The predicted molar refractivity (Wildman–Crippen MR) is 169 cm³/mol. The van der Waals surface area contributed by atoms with Crippen molar-refractivity contribution in [2.75, 3.05) is 0 Å². The van der Waals surface area contributed by atoms with Crippen LogP contribution in [0.5, 0.6) is 0 Å². The molecule has 0 amide bonds. The number of hydrogen-bond acceptors (Lipinski definition) is 3. The molecule has 1 spiro atoms. The van der Waals surface area contributed by atoms with Crippen molar-refractivity contribution in [2.45, 2.75) is 5.41 Å². The molecule has 0 atom stereocenters. The zero-order valence-electron chi connectivity index (χ0n) is 22.5. The largest absolute Gasteiger partial charge is 0.459 e. The van der Waals surface area contributed by atoms with Crippen LogP contribution in [0.25, 0.3) is 66.3 Å². The molecular weight excluding hydrogens is 512 g/mol. The summed E-state index contributed by atoms with van der Waals surface area (Å²) in [4.78, 5) is 10.0. The fourth-order valence-corrected chi connectivity index (χ4v) is 7.67. The molecule has 0 unspecified atom stereocenters. The first-order valence-corrected chi connectivity index (χ1v) is 14.3. The van der Waals surface area contributed by atoms with E-state index in [2.05, 4.69) is 121 Å². The van der Waals surface area contributed by atoms with Crippen LogP contribution in [-0.4, -0.2) is 9.97 Å². The molecule has 0 radical (unpaired) electrons. The number of fused-ring (bicyclic) bond motifs is 15. The van der Waals surface area contributed by atoms with Gasteiger partial charge in [-0.15, -0.1) is 0 Å². The molecule has 0 saturated heterocycles. The van der Waals surface area contributed by atoms with Crippen LogP contribution in [0.4, 0.5) is 0 Å². The van der Waals surface area contributed by atoms with Gasteiger partial charge < -0.3 is 4.42 Å². The molecule has 3 heteroatoms. The highest BCUT2D eigenvalue weighted by Gasteiger charge is 2.55. The summed E-state index contributed by atoms with van der Waals surface area (Å²) in [7, 11) is 0. The summed E-state index contributed by atoms with van der Waals surface area (Å²) in [5, 5.41) is 3.31. The molecule has 0 N–H and O–H groups in total. The van der Waals surface area contributed by atoms with Gasteiger partial charge in [-0.2, -0.15) is 0 Å². The third-order valence-corrected chi connectivity index (χ3v) is 9.31. The van der Waals surface area contributed by atoms with Crippen LogP contribution in [0.3, 0.4) is 0 Å². The lowest BCUT2D eigenvalue weighted by molar-refractivity contribution is 0.507. The molecule has 3 heterocycles. The number of rotatable bonds is 1. The standard InChI is InChI=1S/C39H22N2O/c1-4-14-29-25(10-1)26-11-2-5-15-30(26)39(29)31-16-7-13-27(34(31)35-28-12-3-6-17-33(28)42-38(35)39)32-21-20-24-19-18-23-9-8-22-40-36(23)37(24)41-32/h1-22H. The third kappa shape index (κ3) is 2.57. The first-order chi connectivity index (χ1) is 20.8. The Bertz CT molecular complexity index is 2390. The molecule has 0 saturated carbocycles. The molecule has 5 aromatic carbocycles. The predicted octanol–water partition coefficient (Wildman–Crippen LogP) is 9.54. The first-order valence-electron chi connectivity index (χ1n) is 14.3. The third-order valence-electron chi connectivity index (χ3n) is 9.31. The van der Waals surface area contributed by atoms with Crippen LogP contribution in [0.15, 0.2) is 138 Å². The van der Waals surface area contributed by atoms with Crippen LogP contribution < -0.4 is 0 Å². The minimum Gasteiger partial charge on any atom is -0.459 e. The van der Waals surface area contributed by atoms with Crippen molar-refractivity contribution in [2.24, 2.45) is 0 Å². The number of hydrogen-bond donors (Lipinski definition) is 0. The van der Waals surface area contributed by atoms with Crippen molar-refractivity contribution in [1.82, 2.24) is 9.97 Å². The maximum absolute atomic E-state index is 6.93. The molecule has 8 aromatic rings. The average Bonchev–Trinajstić information content (AvgIpc) is 3.68. The van der Waals surface area contributed by atoms with Crippen molar-refractivity contribution < 1.29 is 4.42 Å². The Kier molecular flexibility index (Phi) is 4.12. The Hall–Kier alpha value is -5.54. The molecule has 0 bridgehead atoms. The van der Waals surface area contributed by atoms with Crippen molar-refractivity contribution in [3.8, 4) is 33.5 Å². The number of aromatic nitrogens is 2. The Morgan fingerprint density at radius 1 is 0.500 bits per heavy atom. The van der Waals surface area contributed by atoms with Crippen molar-refractivity contribution in [3.63, 3.8) is 0 Å². The summed E-state index contributed by atoms with van der Waals surface area (Å²) in [6, 6.07) is 45.4. The molecule has 0 aliphatic heterocycles. The van der Waals surface area contributed by atoms with Gasteiger partial charge in [-0.1, -0.05) is 109 Å². The second kappa shape index (κ2) is 7.80.